The second-order valence-electron chi connectivity index (χ2n) is 14.2. The highest BCUT2D eigenvalue weighted by Crippen LogP contribution is 2.43. The van der Waals surface area contributed by atoms with Gasteiger partial charge in [-0.3, -0.25) is 0 Å². The molecule has 0 unspecified atom stereocenters. The van der Waals surface area contributed by atoms with Crippen LogP contribution in [0.3, 0.4) is 0 Å². The molecule has 0 aliphatic carbocycles. The van der Waals surface area contributed by atoms with Gasteiger partial charge in [-0.2, -0.15) is 0 Å². The van der Waals surface area contributed by atoms with Crippen molar-refractivity contribution in [1.82, 2.24) is 4.57 Å². The maximum absolute atomic E-state index is 2.41. The topological polar surface area (TPSA) is 8.17 Å². The average Bonchev–Trinajstić information content (AvgIpc) is 3.61. The molecule has 0 fully saturated rings. The lowest BCUT2D eigenvalue weighted by Gasteiger charge is -2.28. The normalized spacial score (nSPS) is 11.2. The number of aromatic nitrogens is 1. The molecule has 0 amide bonds. The molecule has 0 N–H and O–H groups in total. The summed E-state index contributed by atoms with van der Waals surface area (Å²) in [5, 5.41) is 2.46. The van der Waals surface area contributed by atoms with E-state index >= 15 is 0 Å². The summed E-state index contributed by atoms with van der Waals surface area (Å²) in [4.78, 5) is 2.41. The first-order valence-corrected chi connectivity index (χ1v) is 19.2. The van der Waals surface area contributed by atoms with Crippen molar-refractivity contribution in [3.05, 3.63) is 231 Å². The van der Waals surface area contributed by atoms with E-state index in [9.17, 15) is 0 Å². The van der Waals surface area contributed by atoms with Crippen molar-refractivity contribution >= 4 is 38.9 Å². The van der Waals surface area contributed by atoms with Crippen LogP contribution in [0.25, 0.3) is 72.0 Å². The lowest BCUT2D eigenvalue weighted by Crippen LogP contribution is -2.11. The molecule has 10 aromatic rings. The number of para-hydroxylation sites is 2. The Morgan fingerprint density at radius 2 is 0.714 bits per heavy atom. The van der Waals surface area contributed by atoms with E-state index in [1.165, 1.54) is 60.8 Å². The van der Waals surface area contributed by atoms with E-state index in [0.29, 0.717) is 0 Å². The van der Waals surface area contributed by atoms with E-state index in [1.807, 2.05) is 0 Å². The van der Waals surface area contributed by atoms with E-state index in [1.54, 1.807) is 0 Å². The van der Waals surface area contributed by atoms with Crippen molar-refractivity contribution in [3.8, 4) is 50.2 Å². The molecule has 1 aromatic heterocycles. The van der Waals surface area contributed by atoms with Gasteiger partial charge in [0.2, 0.25) is 0 Å². The van der Waals surface area contributed by atoms with Crippen molar-refractivity contribution in [3.63, 3.8) is 0 Å². The Morgan fingerprint density at radius 3 is 1.32 bits per heavy atom. The van der Waals surface area contributed by atoms with E-state index in [-0.39, 0.29) is 0 Å². The van der Waals surface area contributed by atoms with Crippen LogP contribution in [0, 0.1) is 0 Å². The maximum atomic E-state index is 2.41. The van der Waals surface area contributed by atoms with Crippen molar-refractivity contribution in [2.24, 2.45) is 0 Å². The Kier molecular flexibility index (Phi) is 8.55. The standard InChI is InChI=1S/C54H38N2/c1-4-14-39(15-5-1)41-24-26-42(27-25-41)44-28-32-46(33-29-44)55(52-22-12-10-20-49(52)45-18-8-3-9-19-45)48-36-37-51-50-21-11-13-23-53(50)56(54(51)38-48)47-34-30-43(31-35-47)40-16-6-2-7-17-40/h1-38H. The molecular formula is C54H38N2. The summed E-state index contributed by atoms with van der Waals surface area (Å²) in [5.41, 5.74) is 16.4. The number of nitrogens with zero attached hydrogens (tertiary/aromatic N) is 2. The van der Waals surface area contributed by atoms with Crippen LogP contribution in [0.2, 0.25) is 0 Å². The Bertz CT molecular complexity index is 2910. The summed E-state index contributed by atoms with van der Waals surface area (Å²) >= 11 is 0. The third kappa shape index (κ3) is 6.14. The van der Waals surface area contributed by atoms with Crippen molar-refractivity contribution in [1.29, 1.82) is 0 Å². The van der Waals surface area contributed by atoms with E-state index < -0.39 is 0 Å². The minimum Gasteiger partial charge on any atom is -0.310 e. The van der Waals surface area contributed by atoms with Gasteiger partial charge >= 0.3 is 0 Å². The molecule has 2 nitrogen and oxygen atoms in total. The van der Waals surface area contributed by atoms with Gasteiger partial charge in [0, 0.05) is 33.4 Å². The van der Waals surface area contributed by atoms with Crippen LogP contribution in [-0.2, 0) is 0 Å². The molecule has 1 heterocycles. The van der Waals surface area contributed by atoms with Crippen molar-refractivity contribution in [2.75, 3.05) is 4.90 Å². The molecule has 56 heavy (non-hydrogen) atoms. The van der Waals surface area contributed by atoms with Gasteiger partial charge in [0.25, 0.3) is 0 Å². The van der Waals surface area contributed by atoms with E-state index in [4.69, 9.17) is 0 Å². The largest absolute Gasteiger partial charge is 0.310 e. The number of anilines is 3. The zero-order valence-electron chi connectivity index (χ0n) is 30.8. The highest BCUT2D eigenvalue weighted by atomic mass is 15.1. The van der Waals surface area contributed by atoms with Crippen LogP contribution in [0.15, 0.2) is 231 Å². The SMILES string of the molecule is c1ccc(-c2ccc(-c3ccc(N(c4ccc5c6ccccc6n(-c6ccc(-c7ccccc7)cc6)c5c4)c4ccccc4-c4ccccc4)cc3)cc2)cc1. The fraction of sp³-hybridized carbons (Fsp3) is 0. The van der Waals surface area contributed by atoms with Gasteiger partial charge in [-0.1, -0.05) is 182 Å². The van der Waals surface area contributed by atoms with Crippen LogP contribution >= 0.6 is 0 Å². The van der Waals surface area contributed by atoms with Gasteiger partial charge in [-0.05, 0) is 87.5 Å². The Hall–Kier alpha value is -7.42. The number of rotatable bonds is 8. The first-order valence-electron chi connectivity index (χ1n) is 19.2. The summed E-state index contributed by atoms with van der Waals surface area (Å²) in [5.74, 6) is 0. The minimum atomic E-state index is 1.09. The Morgan fingerprint density at radius 1 is 0.286 bits per heavy atom. The van der Waals surface area contributed by atoms with Gasteiger partial charge in [0.05, 0.1) is 16.7 Å². The summed E-state index contributed by atoms with van der Waals surface area (Å²) in [6.07, 6.45) is 0. The maximum Gasteiger partial charge on any atom is 0.0561 e. The minimum absolute atomic E-state index is 1.09. The Labute approximate surface area is 327 Å². The monoisotopic (exact) mass is 714 g/mol. The molecule has 0 spiro atoms. The predicted molar refractivity (Wildman–Crippen MR) is 237 cm³/mol. The fourth-order valence-corrected chi connectivity index (χ4v) is 8.06. The van der Waals surface area contributed by atoms with Crippen LogP contribution in [-0.4, -0.2) is 4.57 Å². The Balaban J connectivity index is 1.11. The lowest BCUT2D eigenvalue weighted by molar-refractivity contribution is 1.18. The van der Waals surface area contributed by atoms with Crippen molar-refractivity contribution in [2.45, 2.75) is 0 Å². The van der Waals surface area contributed by atoms with E-state index in [2.05, 4.69) is 240 Å². The summed E-state index contributed by atoms with van der Waals surface area (Å²) in [7, 11) is 0. The molecule has 0 aliphatic rings. The second kappa shape index (κ2) is 14.4. The van der Waals surface area contributed by atoms with Gasteiger partial charge in [0.15, 0.2) is 0 Å². The van der Waals surface area contributed by atoms with Crippen LogP contribution in [0.1, 0.15) is 0 Å². The summed E-state index contributed by atoms with van der Waals surface area (Å²) in [6, 6.07) is 83.0. The van der Waals surface area contributed by atoms with Crippen molar-refractivity contribution < 1.29 is 0 Å². The molecule has 0 saturated carbocycles. The molecule has 9 aromatic carbocycles. The third-order valence-corrected chi connectivity index (χ3v) is 10.8. The lowest BCUT2D eigenvalue weighted by atomic mass is 9.99. The summed E-state index contributed by atoms with van der Waals surface area (Å²) in [6.45, 7) is 0. The van der Waals surface area contributed by atoms with Crippen LogP contribution in [0.5, 0.6) is 0 Å². The second-order valence-corrected chi connectivity index (χ2v) is 14.2. The zero-order valence-corrected chi connectivity index (χ0v) is 30.8. The molecular weight excluding hydrogens is 677 g/mol. The van der Waals surface area contributed by atoms with Gasteiger partial charge in [0.1, 0.15) is 0 Å². The molecule has 2 heteroatoms. The first-order chi connectivity index (χ1) is 27.8. The highest BCUT2D eigenvalue weighted by molar-refractivity contribution is 6.10. The number of fused-ring (bicyclic) bond motifs is 3. The fourth-order valence-electron chi connectivity index (χ4n) is 8.06. The smallest absolute Gasteiger partial charge is 0.0561 e. The van der Waals surface area contributed by atoms with Crippen LogP contribution in [0.4, 0.5) is 17.1 Å². The molecule has 0 radical (unpaired) electrons. The van der Waals surface area contributed by atoms with Gasteiger partial charge in [-0.25, -0.2) is 0 Å². The quantitative estimate of drug-likeness (QED) is 0.152. The van der Waals surface area contributed by atoms with Gasteiger partial charge < -0.3 is 9.47 Å². The van der Waals surface area contributed by atoms with Crippen LogP contribution < -0.4 is 4.90 Å². The number of benzene rings is 9. The number of hydrogen-bond acceptors (Lipinski definition) is 1. The molecule has 264 valence electrons. The van der Waals surface area contributed by atoms with Gasteiger partial charge in [-0.15, -0.1) is 0 Å². The molecule has 0 aliphatic heterocycles. The first kappa shape index (κ1) is 33.2. The molecule has 10 rings (SSSR count). The summed E-state index contributed by atoms with van der Waals surface area (Å²) < 4.78 is 2.41. The third-order valence-electron chi connectivity index (χ3n) is 10.8. The zero-order chi connectivity index (χ0) is 37.3. The molecule has 0 atom stereocenters. The molecule has 0 saturated heterocycles. The predicted octanol–water partition coefficient (Wildman–Crippen LogP) is 14.9. The highest BCUT2D eigenvalue weighted by Gasteiger charge is 2.20. The molecule has 0 bridgehead atoms. The number of hydrogen-bond donors (Lipinski definition) is 0. The van der Waals surface area contributed by atoms with E-state index in [0.717, 1.165) is 28.3 Å². The average molecular weight is 715 g/mol.